The molecule has 0 unspecified atom stereocenters. The first-order valence-electron chi connectivity index (χ1n) is 7.09. The predicted molar refractivity (Wildman–Crippen MR) is 80.9 cm³/mol. The lowest BCUT2D eigenvalue weighted by molar-refractivity contribution is 0.0732. The zero-order chi connectivity index (χ0) is 15.7. The number of aromatic nitrogens is 2. The van der Waals surface area contributed by atoms with Gasteiger partial charge in [-0.15, -0.1) is 0 Å². The lowest BCUT2D eigenvalue weighted by Crippen LogP contribution is -2.32. The maximum atomic E-state index is 12.6. The Hall–Kier alpha value is -2.63. The second-order valence-corrected chi connectivity index (χ2v) is 5.38. The number of fused-ring (bicyclic) bond motifs is 1. The molecule has 2 heterocycles. The molecule has 0 radical (unpaired) electrons. The highest BCUT2D eigenvalue weighted by Crippen LogP contribution is 2.18. The van der Waals surface area contributed by atoms with Crippen LogP contribution in [0, 0.1) is 6.92 Å². The van der Waals surface area contributed by atoms with E-state index < -0.39 is 0 Å². The van der Waals surface area contributed by atoms with Gasteiger partial charge < -0.3 is 9.64 Å². The van der Waals surface area contributed by atoms with Gasteiger partial charge in [-0.3, -0.25) is 14.2 Å². The fourth-order valence-electron chi connectivity index (χ4n) is 2.46. The molecule has 0 atom stereocenters. The summed E-state index contributed by atoms with van der Waals surface area (Å²) < 4.78 is 6.88. The van der Waals surface area contributed by atoms with Gasteiger partial charge in [-0.2, -0.15) is 0 Å². The summed E-state index contributed by atoms with van der Waals surface area (Å²) >= 11 is 0. The molecule has 3 rings (SSSR count). The molecule has 6 heteroatoms. The minimum absolute atomic E-state index is 0.0809. The van der Waals surface area contributed by atoms with Crippen LogP contribution in [0.4, 0.5) is 0 Å². The van der Waals surface area contributed by atoms with Gasteiger partial charge in [0.05, 0.1) is 19.4 Å². The fraction of sp³-hybridized carbons (Fsp3) is 0.312. The van der Waals surface area contributed by atoms with E-state index in [4.69, 9.17) is 4.74 Å². The molecule has 6 nitrogen and oxygen atoms in total. The Bertz CT molecular complexity index is 782. The molecule has 0 aliphatic carbocycles. The van der Waals surface area contributed by atoms with Crippen molar-refractivity contribution in [2.24, 2.45) is 7.05 Å². The third-order valence-corrected chi connectivity index (χ3v) is 3.66. The molecule has 1 aliphatic heterocycles. The number of benzene rings is 1. The number of hydrogen-bond acceptors (Lipinski definition) is 4. The van der Waals surface area contributed by atoms with Gasteiger partial charge in [0.15, 0.2) is 0 Å². The van der Waals surface area contributed by atoms with Crippen molar-refractivity contribution in [2.45, 2.75) is 13.5 Å². The molecule has 1 aromatic carbocycles. The van der Waals surface area contributed by atoms with E-state index in [1.807, 2.05) is 25.1 Å². The second kappa shape index (κ2) is 5.63. The van der Waals surface area contributed by atoms with Crippen molar-refractivity contribution in [1.82, 2.24) is 14.5 Å². The van der Waals surface area contributed by atoms with E-state index in [0.717, 1.165) is 5.56 Å². The third kappa shape index (κ3) is 2.59. The highest BCUT2D eigenvalue weighted by atomic mass is 16.5. The van der Waals surface area contributed by atoms with Gasteiger partial charge in [-0.25, -0.2) is 4.98 Å². The van der Waals surface area contributed by atoms with Gasteiger partial charge in [-0.05, 0) is 19.1 Å². The van der Waals surface area contributed by atoms with Crippen molar-refractivity contribution in [3.8, 4) is 5.75 Å². The van der Waals surface area contributed by atoms with Crippen LogP contribution in [0.2, 0.25) is 0 Å². The number of ether oxygens (including phenoxy) is 1. The van der Waals surface area contributed by atoms with Crippen molar-refractivity contribution in [3.05, 3.63) is 57.8 Å². The summed E-state index contributed by atoms with van der Waals surface area (Å²) in [5.74, 6) is 0.159. The number of hydrogen-bond donors (Lipinski definition) is 0. The molecule has 0 saturated heterocycles. The summed E-state index contributed by atoms with van der Waals surface area (Å²) in [4.78, 5) is 30.6. The molecular formula is C16H17N3O3. The van der Waals surface area contributed by atoms with Crippen molar-refractivity contribution < 1.29 is 9.53 Å². The average Bonchev–Trinajstić information content (AvgIpc) is 2.73. The number of carbonyl (C=O) groups is 1. The number of rotatable bonds is 1. The van der Waals surface area contributed by atoms with E-state index in [-0.39, 0.29) is 30.4 Å². The molecule has 114 valence electrons. The van der Waals surface area contributed by atoms with Crippen LogP contribution in [-0.4, -0.2) is 33.5 Å². The minimum Gasteiger partial charge on any atom is -0.485 e. The molecule has 2 aromatic rings. The largest absolute Gasteiger partial charge is 0.485 e. The first-order valence-corrected chi connectivity index (χ1v) is 7.09. The van der Waals surface area contributed by atoms with Crippen LogP contribution in [0.15, 0.2) is 35.4 Å². The zero-order valence-electron chi connectivity index (χ0n) is 12.6. The van der Waals surface area contributed by atoms with Crippen LogP contribution in [0.3, 0.4) is 0 Å². The molecule has 1 amide bonds. The van der Waals surface area contributed by atoms with Crippen LogP contribution in [0.1, 0.15) is 21.6 Å². The van der Waals surface area contributed by atoms with E-state index >= 15 is 0 Å². The van der Waals surface area contributed by atoms with Gasteiger partial charge >= 0.3 is 0 Å². The van der Waals surface area contributed by atoms with Crippen LogP contribution < -0.4 is 10.3 Å². The summed E-state index contributed by atoms with van der Waals surface area (Å²) in [6.45, 7) is 2.93. The molecule has 0 spiro atoms. The van der Waals surface area contributed by atoms with Gasteiger partial charge in [0, 0.05) is 12.6 Å². The SMILES string of the molecule is Cc1cccc(C(=O)N2CCOc3c(ncn(C)c3=O)C2)c1. The molecule has 22 heavy (non-hydrogen) atoms. The molecule has 0 saturated carbocycles. The van der Waals surface area contributed by atoms with Gasteiger partial charge in [0.2, 0.25) is 5.75 Å². The van der Waals surface area contributed by atoms with E-state index in [0.29, 0.717) is 17.8 Å². The molecule has 1 aromatic heterocycles. The molecule has 0 bridgehead atoms. The second-order valence-electron chi connectivity index (χ2n) is 5.38. The van der Waals surface area contributed by atoms with E-state index in [1.165, 1.54) is 10.9 Å². The van der Waals surface area contributed by atoms with Crippen LogP contribution >= 0.6 is 0 Å². The lowest BCUT2D eigenvalue weighted by atomic mass is 10.1. The smallest absolute Gasteiger partial charge is 0.295 e. The molecule has 0 fully saturated rings. The summed E-state index contributed by atoms with van der Waals surface area (Å²) in [5, 5.41) is 0. The standard InChI is InChI=1S/C16H17N3O3/c1-11-4-3-5-12(8-11)15(20)19-6-7-22-14-13(9-19)17-10-18(2)16(14)21/h3-5,8,10H,6-7,9H2,1-2H3. The first-order chi connectivity index (χ1) is 10.6. The number of nitrogens with zero attached hydrogens (tertiary/aromatic N) is 3. The Balaban J connectivity index is 1.92. The topological polar surface area (TPSA) is 64.4 Å². The predicted octanol–water partition coefficient (Wildman–Crippen LogP) is 1.12. The van der Waals surface area contributed by atoms with Crippen molar-refractivity contribution in [3.63, 3.8) is 0 Å². The lowest BCUT2D eigenvalue weighted by Gasteiger charge is -2.19. The highest BCUT2D eigenvalue weighted by Gasteiger charge is 2.24. The van der Waals surface area contributed by atoms with Crippen molar-refractivity contribution in [2.75, 3.05) is 13.2 Å². The monoisotopic (exact) mass is 299 g/mol. The molecular weight excluding hydrogens is 282 g/mol. The molecule has 1 aliphatic rings. The third-order valence-electron chi connectivity index (χ3n) is 3.66. The Kier molecular flexibility index (Phi) is 3.66. The van der Waals surface area contributed by atoms with Crippen LogP contribution in [-0.2, 0) is 13.6 Å². The quantitative estimate of drug-likeness (QED) is 0.791. The summed E-state index contributed by atoms with van der Waals surface area (Å²) in [7, 11) is 1.62. The number of carbonyl (C=O) groups excluding carboxylic acids is 1. The summed E-state index contributed by atoms with van der Waals surface area (Å²) in [6, 6.07) is 7.45. The fourth-order valence-corrected chi connectivity index (χ4v) is 2.46. The maximum absolute atomic E-state index is 12.6. The number of aryl methyl sites for hydroxylation is 2. The Morgan fingerprint density at radius 3 is 2.95 bits per heavy atom. The van der Waals surface area contributed by atoms with Crippen LogP contribution in [0.5, 0.6) is 5.75 Å². The zero-order valence-corrected chi connectivity index (χ0v) is 12.6. The summed E-state index contributed by atoms with van der Waals surface area (Å²) in [5.41, 5.74) is 1.94. The Morgan fingerprint density at radius 2 is 2.18 bits per heavy atom. The first kappa shape index (κ1) is 14.3. The van der Waals surface area contributed by atoms with Crippen molar-refractivity contribution in [1.29, 1.82) is 0 Å². The molecule has 0 N–H and O–H groups in total. The Morgan fingerprint density at radius 1 is 1.36 bits per heavy atom. The van der Waals surface area contributed by atoms with Gasteiger partial charge in [0.1, 0.15) is 12.3 Å². The van der Waals surface area contributed by atoms with Gasteiger partial charge in [-0.1, -0.05) is 17.7 Å². The maximum Gasteiger partial charge on any atom is 0.295 e. The average molecular weight is 299 g/mol. The van der Waals surface area contributed by atoms with Crippen molar-refractivity contribution >= 4 is 5.91 Å². The number of amides is 1. The highest BCUT2D eigenvalue weighted by molar-refractivity contribution is 5.94. The van der Waals surface area contributed by atoms with Gasteiger partial charge in [0.25, 0.3) is 11.5 Å². The minimum atomic E-state index is -0.227. The van der Waals surface area contributed by atoms with E-state index in [9.17, 15) is 9.59 Å². The van der Waals surface area contributed by atoms with Crippen LogP contribution in [0.25, 0.3) is 0 Å². The normalized spacial score (nSPS) is 14.0. The Labute approximate surface area is 128 Å². The summed E-state index contributed by atoms with van der Waals surface area (Å²) in [6.07, 6.45) is 1.45. The van der Waals surface area contributed by atoms with E-state index in [2.05, 4.69) is 4.98 Å². The van der Waals surface area contributed by atoms with E-state index in [1.54, 1.807) is 18.0 Å².